The van der Waals surface area contributed by atoms with Gasteiger partial charge in [-0.3, -0.25) is 0 Å². The Balaban J connectivity index is 2.69. The third-order valence-electron chi connectivity index (χ3n) is 1.24. The first-order valence-electron chi connectivity index (χ1n) is 3.38. The maximum Gasteiger partial charge on any atom is 0.0603 e. The molecule has 0 atom stereocenters. The minimum absolute atomic E-state index is 0.611. The Morgan fingerprint density at radius 1 is 1.25 bits per heavy atom. The summed E-state index contributed by atoms with van der Waals surface area (Å²) in [4.78, 5) is 1.16. The van der Waals surface area contributed by atoms with Crippen molar-refractivity contribution < 1.29 is 0 Å². The summed E-state index contributed by atoms with van der Waals surface area (Å²) in [5.41, 5.74) is 0. The minimum Gasteiger partial charge on any atom is -0.125 e. The number of rotatable bonds is 3. The zero-order valence-electron chi connectivity index (χ0n) is 6.19. The maximum absolute atomic E-state index is 5.84. The second-order valence-electron chi connectivity index (χ2n) is 2.11. The second-order valence-corrected chi connectivity index (χ2v) is 4.89. The van der Waals surface area contributed by atoms with Gasteiger partial charge in [0.15, 0.2) is 0 Å². The Labute approximate surface area is 94.8 Å². The molecule has 12 heavy (non-hydrogen) atoms. The highest BCUT2D eigenvalue weighted by Gasteiger charge is 1.98. The van der Waals surface area contributed by atoms with Crippen LogP contribution in [0.5, 0.6) is 0 Å². The van der Waals surface area contributed by atoms with Crippen LogP contribution in [0, 0.1) is 0 Å². The highest BCUT2D eigenvalue weighted by Crippen LogP contribution is 2.27. The van der Waals surface area contributed by atoms with E-state index in [2.05, 4.69) is 15.9 Å². The summed E-state index contributed by atoms with van der Waals surface area (Å²) < 4.78 is 0. The maximum atomic E-state index is 5.84. The molecular weight excluding hydrogens is 279 g/mol. The molecule has 1 aromatic carbocycles. The van der Waals surface area contributed by atoms with Crippen molar-refractivity contribution in [2.24, 2.45) is 0 Å². The molecule has 4 heteroatoms. The van der Waals surface area contributed by atoms with Crippen LogP contribution in [0.25, 0.3) is 0 Å². The molecule has 0 saturated carbocycles. The number of thioether (sulfide) groups is 1. The van der Waals surface area contributed by atoms with Crippen molar-refractivity contribution in [2.75, 3.05) is 11.1 Å². The fraction of sp³-hybridized carbons (Fsp3) is 0.250. The topological polar surface area (TPSA) is 0 Å². The summed E-state index contributed by atoms with van der Waals surface area (Å²) in [5.74, 6) is 1.04. The number of hydrogen-bond donors (Lipinski definition) is 0. The molecule has 0 aliphatic heterocycles. The first kappa shape index (κ1) is 10.7. The molecule has 0 saturated heterocycles. The largest absolute Gasteiger partial charge is 0.125 e. The minimum atomic E-state index is 0.611. The number of benzene rings is 1. The van der Waals surface area contributed by atoms with Crippen LogP contribution in [-0.2, 0) is 0 Å². The van der Waals surface area contributed by atoms with Crippen molar-refractivity contribution in [2.45, 2.75) is 4.90 Å². The molecule has 0 radical (unpaired) electrons. The normalized spacial score (nSPS) is 10.2. The van der Waals surface area contributed by atoms with Gasteiger partial charge in [-0.25, -0.2) is 0 Å². The zero-order valence-corrected chi connectivity index (χ0v) is 10.1. The van der Waals surface area contributed by atoms with E-state index in [9.17, 15) is 0 Å². The lowest BCUT2D eigenvalue weighted by molar-refractivity contribution is 1.44. The molecular formula is C8H7BrCl2S. The van der Waals surface area contributed by atoms with Crippen molar-refractivity contribution in [3.05, 3.63) is 28.2 Å². The molecule has 0 heterocycles. The lowest BCUT2D eigenvalue weighted by Crippen LogP contribution is -1.79. The summed E-state index contributed by atoms with van der Waals surface area (Å²) in [6.45, 7) is 0. The fourth-order valence-corrected chi connectivity index (χ4v) is 2.25. The van der Waals surface area contributed by atoms with Gasteiger partial charge in [-0.2, -0.15) is 0 Å². The van der Waals surface area contributed by atoms with Crippen molar-refractivity contribution >= 4 is 50.9 Å². The van der Waals surface area contributed by atoms with E-state index in [-0.39, 0.29) is 0 Å². The molecule has 0 bridgehead atoms. The van der Waals surface area contributed by atoms with Gasteiger partial charge in [0, 0.05) is 16.0 Å². The molecule has 1 aromatic rings. The molecule has 0 unspecified atom stereocenters. The third kappa shape index (κ3) is 3.17. The van der Waals surface area contributed by atoms with Gasteiger partial charge < -0.3 is 0 Å². The van der Waals surface area contributed by atoms with Gasteiger partial charge in [0.25, 0.3) is 0 Å². The van der Waals surface area contributed by atoms with Gasteiger partial charge in [0.05, 0.1) is 10.0 Å². The van der Waals surface area contributed by atoms with Crippen LogP contribution in [0.3, 0.4) is 0 Å². The van der Waals surface area contributed by atoms with E-state index < -0.39 is 0 Å². The Morgan fingerprint density at radius 3 is 2.58 bits per heavy atom. The van der Waals surface area contributed by atoms with Gasteiger partial charge in [-0.1, -0.05) is 39.1 Å². The summed E-state index contributed by atoms with van der Waals surface area (Å²) >= 11 is 16.7. The smallest absolute Gasteiger partial charge is 0.0603 e. The van der Waals surface area contributed by atoms with E-state index in [1.165, 1.54) is 0 Å². The molecule has 66 valence electrons. The summed E-state index contributed by atoms with van der Waals surface area (Å²) in [5, 5.41) is 2.22. The highest BCUT2D eigenvalue weighted by molar-refractivity contribution is 9.09. The molecule has 0 fully saturated rings. The number of halogens is 3. The lowest BCUT2D eigenvalue weighted by atomic mass is 10.4. The van der Waals surface area contributed by atoms with Crippen molar-refractivity contribution in [3.63, 3.8) is 0 Å². The van der Waals surface area contributed by atoms with E-state index in [1.54, 1.807) is 11.8 Å². The van der Waals surface area contributed by atoms with Gasteiger partial charge in [-0.05, 0) is 18.2 Å². The van der Waals surface area contributed by atoms with E-state index in [0.717, 1.165) is 16.0 Å². The van der Waals surface area contributed by atoms with Crippen molar-refractivity contribution in [3.8, 4) is 0 Å². The van der Waals surface area contributed by atoms with Crippen molar-refractivity contribution in [1.82, 2.24) is 0 Å². The third-order valence-corrected chi connectivity index (χ3v) is 3.89. The van der Waals surface area contributed by atoms with Crippen LogP contribution in [-0.4, -0.2) is 11.1 Å². The molecule has 0 amide bonds. The zero-order chi connectivity index (χ0) is 8.97. The Bertz CT molecular complexity index is 265. The molecule has 0 aromatic heterocycles. The first-order valence-corrected chi connectivity index (χ1v) is 6.24. The van der Waals surface area contributed by atoms with Gasteiger partial charge in [0.2, 0.25) is 0 Å². The van der Waals surface area contributed by atoms with E-state index in [1.807, 2.05) is 18.2 Å². The number of hydrogen-bond acceptors (Lipinski definition) is 1. The summed E-state index contributed by atoms with van der Waals surface area (Å²) in [6, 6.07) is 5.68. The monoisotopic (exact) mass is 284 g/mol. The van der Waals surface area contributed by atoms with E-state index in [0.29, 0.717) is 10.0 Å². The Hall–Kier alpha value is 0.630. The highest BCUT2D eigenvalue weighted by atomic mass is 79.9. The predicted molar refractivity (Wildman–Crippen MR) is 61.0 cm³/mol. The fourth-order valence-electron chi connectivity index (χ4n) is 0.723. The van der Waals surface area contributed by atoms with Gasteiger partial charge >= 0.3 is 0 Å². The van der Waals surface area contributed by atoms with Crippen LogP contribution >= 0.6 is 50.9 Å². The van der Waals surface area contributed by atoms with Crippen LogP contribution < -0.4 is 0 Å². The summed E-state index contributed by atoms with van der Waals surface area (Å²) in [7, 11) is 0. The average Bonchev–Trinajstić information content (AvgIpc) is 2.07. The van der Waals surface area contributed by atoms with Gasteiger partial charge in [0.1, 0.15) is 0 Å². The molecule has 1 rings (SSSR count). The lowest BCUT2D eigenvalue weighted by Gasteiger charge is -2.00. The van der Waals surface area contributed by atoms with Crippen molar-refractivity contribution in [1.29, 1.82) is 0 Å². The summed E-state index contributed by atoms with van der Waals surface area (Å²) in [6.07, 6.45) is 0. The number of alkyl halides is 1. The molecule has 0 N–H and O–H groups in total. The standard InChI is InChI=1S/C8H7BrCl2S/c9-3-4-12-6-1-2-7(10)8(11)5-6/h1-2,5H,3-4H2. The van der Waals surface area contributed by atoms with Gasteiger partial charge in [-0.15, -0.1) is 11.8 Å². The van der Waals surface area contributed by atoms with Crippen LogP contribution in [0.2, 0.25) is 10.0 Å². The Morgan fingerprint density at radius 2 is 2.00 bits per heavy atom. The average molecular weight is 286 g/mol. The van der Waals surface area contributed by atoms with Crippen LogP contribution in [0.1, 0.15) is 0 Å². The van der Waals surface area contributed by atoms with Crippen LogP contribution in [0.15, 0.2) is 23.1 Å². The molecule has 0 spiro atoms. The predicted octanol–water partition coefficient (Wildman–Crippen LogP) is 4.48. The molecule has 0 nitrogen and oxygen atoms in total. The van der Waals surface area contributed by atoms with E-state index in [4.69, 9.17) is 23.2 Å². The van der Waals surface area contributed by atoms with E-state index >= 15 is 0 Å². The van der Waals surface area contributed by atoms with Crippen LogP contribution in [0.4, 0.5) is 0 Å². The Kier molecular flexibility index (Phi) is 4.80. The first-order chi connectivity index (χ1) is 5.74. The quantitative estimate of drug-likeness (QED) is 0.583. The molecule has 0 aliphatic rings. The molecule has 0 aliphatic carbocycles. The SMILES string of the molecule is Clc1ccc(SCCBr)cc1Cl. The second kappa shape index (κ2) is 5.38.